The van der Waals surface area contributed by atoms with Crippen molar-refractivity contribution in [3.63, 3.8) is 0 Å². The zero-order valence-corrected chi connectivity index (χ0v) is 18.2. The van der Waals surface area contributed by atoms with Gasteiger partial charge in [0, 0.05) is 5.56 Å². The predicted molar refractivity (Wildman–Crippen MR) is 120 cm³/mol. The van der Waals surface area contributed by atoms with Crippen LogP contribution in [0.3, 0.4) is 0 Å². The maximum atomic E-state index is 13.4. The fourth-order valence-corrected chi connectivity index (χ4v) is 4.28. The normalized spacial score (nSPS) is 14.5. The largest absolute Gasteiger partial charge is 0.345 e. The molecule has 0 atom stereocenters. The van der Waals surface area contributed by atoms with Crippen LogP contribution in [-0.2, 0) is 0 Å². The molecular weight excluding hydrogens is 391 g/mol. The predicted octanol–water partition coefficient (Wildman–Crippen LogP) is 3.09. The van der Waals surface area contributed by atoms with Gasteiger partial charge in [0.15, 0.2) is 0 Å². The molecule has 2 heterocycles. The summed E-state index contributed by atoms with van der Waals surface area (Å²) in [7, 11) is 0. The van der Waals surface area contributed by atoms with E-state index in [1.165, 1.54) is 44.5 Å². The third kappa shape index (κ3) is 5.02. The first kappa shape index (κ1) is 21.2. The molecular formula is C25H30FN4O+. The van der Waals surface area contributed by atoms with Gasteiger partial charge in [-0.1, -0.05) is 17.7 Å². The smallest absolute Gasteiger partial charge is 0.270 e. The minimum Gasteiger partial charge on any atom is -0.345 e. The van der Waals surface area contributed by atoms with Crippen LogP contribution in [0.4, 0.5) is 4.39 Å². The SMILES string of the molecule is Cc1ccc(-n2nc(-c3ccc(F)cc3)cc2C(=O)NCC[NH+]2CCCCC2)c(C)c1. The lowest BCUT2D eigenvalue weighted by molar-refractivity contribution is -0.903. The molecule has 0 aliphatic carbocycles. The Bertz CT molecular complexity index is 1050. The molecule has 4 rings (SSSR count). The highest BCUT2D eigenvalue weighted by atomic mass is 19.1. The second-order valence-corrected chi connectivity index (χ2v) is 8.44. The Morgan fingerprint density at radius 3 is 2.52 bits per heavy atom. The van der Waals surface area contributed by atoms with Crippen molar-refractivity contribution in [2.45, 2.75) is 33.1 Å². The molecule has 1 saturated heterocycles. The number of quaternary nitrogens is 1. The Labute approximate surface area is 182 Å². The Morgan fingerprint density at radius 2 is 1.81 bits per heavy atom. The molecule has 2 aromatic carbocycles. The van der Waals surface area contributed by atoms with Crippen LogP contribution in [0.15, 0.2) is 48.5 Å². The number of rotatable bonds is 6. The topological polar surface area (TPSA) is 51.4 Å². The second kappa shape index (κ2) is 9.43. The average Bonchev–Trinajstić information content (AvgIpc) is 3.20. The van der Waals surface area contributed by atoms with Crippen LogP contribution in [0, 0.1) is 19.7 Å². The van der Waals surface area contributed by atoms with Crippen molar-refractivity contribution in [3.05, 3.63) is 71.2 Å². The molecule has 5 nitrogen and oxygen atoms in total. The van der Waals surface area contributed by atoms with Gasteiger partial charge in [-0.3, -0.25) is 4.79 Å². The van der Waals surface area contributed by atoms with E-state index in [4.69, 9.17) is 5.10 Å². The molecule has 1 amide bonds. The van der Waals surface area contributed by atoms with Crippen LogP contribution in [0.2, 0.25) is 0 Å². The molecule has 31 heavy (non-hydrogen) atoms. The van der Waals surface area contributed by atoms with Gasteiger partial charge in [0.1, 0.15) is 11.5 Å². The number of likely N-dealkylation sites (tertiary alicyclic amines) is 1. The Kier molecular flexibility index (Phi) is 6.47. The summed E-state index contributed by atoms with van der Waals surface area (Å²) < 4.78 is 15.1. The summed E-state index contributed by atoms with van der Waals surface area (Å²) in [6.07, 6.45) is 3.85. The van der Waals surface area contributed by atoms with Crippen molar-refractivity contribution in [2.75, 3.05) is 26.2 Å². The molecule has 6 heteroatoms. The maximum Gasteiger partial charge on any atom is 0.270 e. The van der Waals surface area contributed by atoms with Crippen molar-refractivity contribution in [2.24, 2.45) is 0 Å². The van der Waals surface area contributed by atoms with Crippen molar-refractivity contribution in [3.8, 4) is 16.9 Å². The van der Waals surface area contributed by atoms with Gasteiger partial charge in [0.2, 0.25) is 0 Å². The third-order valence-electron chi connectivity index (χ3n) is 5.99. The number of nitrogens with one attached hydrogen (secondary N) is 2. The molecule has 0 saturated carbocycles. The Hall–Kier alpha value is -2.99. The molecule has 0 unspecified atom stereocenters. The molecule has 1 aliphatic heterocycles. The van der Waals surface area contributed by atoms with Gasteiger partial charge in [-0.15, -0.1) is 0 Å². The number of nitrogens with zero attached hydrogens (tertiary/aromatic N) is 2. The molecule has 162 valence electrons. The lowest BCUT2D eigenvalue weighted by Gasteiger charge is -2.23. The van der Waals surface area contributed by atoms with Gasteiger partial charge < -0.3 is 10.2 Å². The van der Waals surface area contributed by atoms with Gasteiger partial charge in [-0.05, 0) is 75.1 Å². The summed E-state index contributed by atoms with van der Waals surface area (Å²) >= 11 is 0. The van der Waals surface area contributed by atoms with Gasteiger partial charge in [-0.25, -0.2) is 9.07 Å². The van der Waals surface area contributed by atoms with Gasteiger partial charge in [0.05, 0.1) is 37.6 Å². The van der Waals surface area contributed by atoms with Gasteiger partial charge in [0.25, 0.3) is 5.91 Å². The molecule has 1 aliphatic rings. The zero-order chi connectivity index (χ0) is 21.8. The third-order valence-corrected chi connectivity index (χ3v) is 5.99. The fraction of sp³-hybridized carbons (Fsp3) is 0.360. The minimum atomic E-state index is -0.296. The summed E-state index contributed by atoms with van der Waals surface area (Å²) in [5, 5.41) is 7.80. The van der Waals surface area contributed by atoms with Crippen molar-refractivity contribution in [1.82, 2.24) is 15.1 Å². The molecule has 1 aromatic heterocycles. The zero-order valence-electron chi connectivity index (χ0n) is 18.2. The Balaban J connectivity index is 1.60. The molecule has 3 aromatic rings. The van der Waals surface area contributed by atoms with E-state index in [9.17, 15) is 9.18 Å². The Morgan fingerprint density at radius 1 is 1.06 bits per heavy atom. The highest BCUT2D eigenvalue weighted by molar-refractivity contribution is 5.94. The lowest BCUT2D eigenvalue weighted by Crippen LogP contribution is -3.13. The van der Waals surface area contributed by atoms with E-state index in [0.29, 0.717) is 17.9 Å². The summed E-state index contributed by atoms with van der Waals surface area (Å²) in [6.45, 7) is 8.01. The van der Waals surface area contributed by atoms with Crippen LogP contribution in [-0.4, -0.2) is 41.9 Å². The number of carbonyl (C=O) groups is 1. The number of benzene rings is 2. The number of aromatic nitrogens is 2. The van der Waals surface area contributed by atoms with Gasteiger partial charge in [-0.2, -0.15) is 5.10 Å². The van der Waals surface area contributed by atoms with Crippen molar-refractivity contribution < 1.29 is 14.1 Å². The molecule has 0 spiro atoms. The van der Waals surface area contributed by atoms with Gasteiger partial charge >= 0.3 is 0 Å². The number of amides is 1. The van der Waals surface area contributed by atoms with E-state index < -0.39 is 0 Å². The number of halogens is 1. The van der Waals surface area contributed by atoms with Crippen molar-refractivity contribution >= 4 is 5.91 Å². The molecule has 0 radical (unpaired) electrons. The first-order chi connectivity index (χ1) is 15.0. The first-order valence-corrected chi connectivity index (χ1v) is 11.1. The van der Waals surface area contributed by atoms with E-state index in [-0.39, 0.29) is 11.7 Å². The fourth-order valence-electron chi connectivity index (χ4n) is 4.28. The van der Waals surface area contributed by atoms with E-state index in [2.05, 4.69) is 11.4 Å². The van der Waals surface area contributed by atoms with E-state index >= 15 is 0 Å². The van der Waals surface area contributed by atoms with Crippen LogP contribution < -0.4 is 10.2 Å². The summed E-state index contributed by atoms with van der Waals surface area (Å²) in [4.78, 5) is 14.7. The number of piperidine rings is 1. The first-order valence-electron chi connectivity index (χ1n) is 11.1. The summed E-state index contributed by atoms with van der Waals surface area (Å²) in [5.41, 5.74) is 4.97. The standard InChI is InChI=1S/C25H29FN4O/c1-18-6-11-23(19(2)16-18)30-24(17-22(28-30)20-7-9-21(26)10-8-20)25(31)27-12-15-29-13-4-3-5-14-29/h6-11,16-17H,3-5,12-15H2,1-2H3,(H,27,31)/p+1. The van der Waals surface area contributed by atoms with Crippen LogP contribution in [0.25, 0.3) is 16.9 Å². The van der Waals surface area contributed by atoms with Crippen molar-refractivity contribution in [1.29, 1.82) is 0 Å². The summed E-state index contributed by atoms with van der Waals surface area (Å²) in [5.74, 6) is -0.437. The number of hydrogen-bond acceptors (Lipinski definition) is 2. The van der Waals surface area contributed by atoms with Crippen LogP contribution in [0.1, 0.15) is 40.9 Å². The van der Waals surface area contributed by atoms with Crippen LogP contribution >= 0.6 is 0 Å². The van der Waals surface area contributed by atoms with E-state index in [1.807, 2.05) is 26.0 Å². The second-order valence-electron chi connectivity index (χ2n) is 8.44. The maximum absolute atomic E-state index is 13.4. The number of carbonyl (C=O) groups excluding carboxylic acids is 1. The molecule has 0 bridgehead atoms. The molecule has 2 N–H and O–H groups in total. The van der Waals surface area contributed by atoms with Crippen LogP contribution in [0.5, 0.6) is 0 Å². The minimum absolute atomic E-state index is 0.141. The molecule has 1 fully saturated rings. The lowest BCUT2D eigenvalue weighted by atomic mass is 10.1. The van der Waals surface area contributed by atoms with E-state index in [0.717, 1.165) is 28.9 Å². The highest BCUT2D eigenvalue weighted by Gasteiger charge is 2.20. The summed E-state index contributed by atoms with van der Waals surface area (Å²) in [6, 6.07) is 14.1. The quantitative estimate of drug-likeness (QED) is 0.643. The highest BCUT2D eigenvalue weighted by Crippen LogP contribution is 2.24. The monoisotopic (exact) mass is 421 g/mol. The number of aryl methyl sites for hydroxylation is 2. The van der Waals surface area contributed by atoms with E-state index in [1.54, 1.807) is 27.8 Å². The average molecular weight is 422 g/mol. The number of hydrogen-bond donors (Lipinski definition) is 2.